The van der Waals surface area contributed by atoms with E-state index in [-0.39, 0.29) is 23.6 Å². The van der Waals surface area contributed by atoms with Gasteiger partial charge < -0.3 is 24.7 Å². The van der Waals surface area contributed by atoms with Crippen molar-refractivity contribution in [2.75, 3.05) is 31.6 Å². The maximum absolute atomic E-state index is 12.2. The molecule has 2 aromatic rings. The molecule has 2 N–H and O–H groups in total. The third kappa shape index (κ3) is 6.34. The third-order valence-electron chi connectivity index (χ3n) is 5.09. The highest BCUT2D eigenvalue weighted by Crippen LogP contribution is 2.19. The van der Waals surface area contributed by atoms with E-state index in [9.17, 15) is 9.59 Å². The van der Waals surface area contributed by atoms with Crippen LogP contribution in [0.25, 0.3) is 0 Å². The first-order valence-corrected chi connectivity index (χ1v) is 10.7. The van der Waals surface area contributed by atoms with Gasteiger partial charge in [0.05, 0.1) is 25.3 Å². The van der Waals surface area contributed by atoms with Crippen molar-refractivity contribution in [2.45, 2.75) is 33.2 Å². The summed E-state index contributed by atoms with van der Waals surface area (Å²) in [5.74, 6) is 0.674. The summed E-state index contributed by atoms with van der Waals surface area (Å²) < 4.78 is 10.3. The molecule has 1 saturated heterocycles. The summed E-state index contributed by atoms with van der Waals surface area (Å²) in [6.45, 7) is 7.04. The van der Waals surface area contributed by atoms with Gasteiger partial charge in [-0.2, -0.15) is 0 Å². The summed E-state index contributed by atoms with van der Waals surface area (Å²) in [6, 6.07) is 10.9. The molecule has 1 aromatic heterocycles. The molecule has 8 heteroatoms. The largest absolute Gasteiger partial charge is 0.466 e. The molecule has 8 nitrogen and oxygen atoms in total. The summed E-state index contributed by atoms with van der Waals surface area (Å²) in [6.07, 6.45) is 2.99. The Morgan fingerprint density at radius 3 is 2.68 bits per heavy atom. The highest BCUT2D eigenvalue weighted by atomic mass is 16.5. The Labute approximate surface area is 182 Å². The van der Waals surface area contributed by atoms with Crippen molar-refractivity contribution >= 4 is 23.5 Å². The van der Waals surface area contributed by atoms with Crippen molar-refractivity contribution in [1.29, 1.82) is 0 Å². The first-order valence-electron chi connectivity index (χ1n) is 10.7. The summed E-state index contributed by atoms with van der Waals surface area (Å²) in [5, 5.41) is 6.17. The van der Waals surface area contributed by atoms with Gasteiger partial charge in [0.1, 0.15) is 0 Å². The predicted molar refractivity (Wildman–Crippen MR) is 119 cm³/mol. The topological polar surface area (TPSA) is 96.2 Å². The number of amides is 1. The number of carbonyl (C=O) groups excluding carboxylic acids is 2. The Hall–Kier alpha value is -3.29. The van der Waals surface area contributed by atoms with Gasteiger partial charge in [-0.1, -0.05) is 12.1 Å². The number of ether oxygens (including phenoxy) is 1. The van der Waals surface area contributed by atoms with Crippen molar-refractivity contribution in [3.05, 3.63) is 54.0 Å². The van der Waals surface area contributed by atoms with Gasteiger partial charge in [0.25, 0.3) is 5.91 Å². The SMILES string of the molecule is CCNC(=NCc1cccc(NC(=O)c2ccco2)c1)N1CCC(C(=O)OCC)CC1. The molecule has 0 radical (unpaired) electrons. The Morgan fingerprint density at radius 2 is 2.00 bits per heavy atom. The van der Waals surface area contributed by atoms with Gasteiger partial charge in [-0.3, -0.25) is 9.59 Å². The number of anilines is 1. The molecular formula is C23H30N4O4. The van der Waals surface area contributed by atoms with Gasteiger partial charge >= 0.3 is 5.97 Å². The third-order valence-corrected chi connectivity index (χ3v) is 5.09. The van der Waals surface area contributed by atoms with Crippen LogP contribution in [-0.4, -0.2) is 49.0 Å². The minimum absolute atomic E-state index is 0.0338. The second-order valence-corrected chi connectivity index (χ2v) is 7.32. The molecule has 1 fully saturated rings. The summed E-state index contributed by atoms with van der Waals surface area (Å²) in [4.78, 5) is 31.1. The zero-order valence-corrected chi connectivity index (χ0v) is 18.1. The highest BCUT2D eigenvalue weighted by Gasteiger charge is 2.27. The number of nitrogens with one attached hydrogen (secondary N) is 2. The molecular weight excluding hydrogens is 396 g/mol. The lowest BCUT2D eigenvalue weighted by Gasteiger charge is -2.33. The van der Waals surface area contributed by atoms with E-state index in [4.69, 9.17) is 14.1 Å². The van der Waals surface area contributed by atoms with Crippen LogP contribution in [0.1, 0.15) is 42.8 Å². The number of likely N-dealkylation sites (tertiary alicyclic amines) is 1. The number of piperidine rings is 1. The fourth-order valence-electron chi connectivity index (χ4n) is 3.53. The monoisotopic (exact) mass is 426 g/mol. The summed E-state index contributed by atoms with van der Waals surface area (Å²) >= 11 is 0. The number of nitrogens with zero attached hydrogens (tertiary/aromatic N) is 2. The smallest absolute Gasteiger partial charge is 0.309 e. The Kier molecular flexibility index (Phi) is 8.09. The van der Waals surface area contributed by atoms with Gasteiger partial charge in [-0.05, 0) is 56.5 Å². The van der Waals surface area contributed by atoms with Crippen LogP contribution in [0.2, 0.25) is 0 Å². The van der Waals surface area contributed by atoms with Gasteiger partial charge in [0.2, 0.25) is 0 Å². The van der Waals surface area contributed by atoms with E-state index in [1.807, 2.05) is 38.1 Å². The lowest BCUT2D eigenvalue weighted by molar-refractivity contribution is -0.149. The summed E-state index contributed by atoms with van der Waals surface area (Å²) in [5.41, 5.74) is 1.67. The Bertz CT molecular complexity index is 887. The van der Waals surface area contributed by atoms with Crippen LogP contribution in [0, 0.1) is 5.92 Å². The molecule has 3 rings (SSSR count). The van der Waals surface area contributed by atoms with Crippen LogP contribution < -0.4 is 10.6 Å². The summed E-state index contributed by atoms with van der Waals surface area (Å²) in [7, 11) is 0. The van der Waals surface area contributed by atoms with Crippen molar-refractivity contribution < 1.29 is 18.7 Å². The first-order chi connectivity index (χ1) is 15.1. The van der Waals surface area contributed by atoms with Crippen molar-refractivity contribution in [2.24, 2.45) is 10.9 Å². The molecule has 31 heavy (non-hydrogen) atoms. The van der Waals surface area contributed by atoms with E-state index in [0.717, 1.165) is 44.0 Å². The lowest BCUT2D eigenvalue weighted by atomic mass is 9.97. The number of benzene rings is 1. The van der Waals surface area contributed by atoms with E-state index in [1.54, 1.807) is 12.1 Å². The number of hydrogen-bond donors (Lipinski definition) is 2. The molecule has 0 atom stereocenters. The van der Waals surface area contributed by atoms with Crippen LogP contribution in [0.4, 0.5) is 5.69 Å². The second kappa shape index (κ2) is 11.2. The zero-order chi connectivity index (χ0) is 22.1. The Morgan fingerprint density at radius 1 is 1.19 bits per heavy atom. The molecule has 0 bridgehead atoms. The van der Waals surface area contributed by atoms with Gasteiger partial charge in [0, 0.05) is 25.3 Å². The molecule has 2 heterocycles. The number of aliphatic imine (C=N–C) groups is 1. The van der Waals surface area contributed by atoms with E-state index in [1.165, 1.54) is 6.26 Å². The molecule has 1 aliphatic heterocycles. The predicted octanol–water partition coefficient (Wildman–Crippen LogP) is 3.27. The van der Waals surface area contributed by atoms with Crippen molar-refractivity contribution in [1.82, 2.24) is 10.2 Å². The number of rotatable bonds is 7. The molecule has 0 aliphatic carbocycles. The number of guanidine groups is 1. The van der Waals surface area contributed by atoms with Gasteiger partial charge in [-0.15, -0.1) is 0 Å². The van der Waals surface area contributed by atoms with Gasteiger partial charge in [-0.25, -0.2) is 4.99 Å². The van der Waals surface area contributed by atoms with Crippen LogP contribution in [0.5, 0.6) is 0 Å². The fraction of sp³-hybridized carbons (Fsp3) is 0.435. The van der Waals surface area contributed by atoms with Crippen LogP contribution >= 0.6 is 0 Å². The van der Waals surface area contributed by atoms with E-state index in [2.05, 4.69) is 15.5 Å². The van der Waals surface area contributed by atoms with E-state index < -0.39 is 0 Å². The average molecular weight is 427 g/mol. The number of carbonyl (C=O) groups is 2. The van der Waals surface area contributed by atoms with Crippen molar-refractivity contribution in [3.63, 3.8) is 0 Å². The van der Waals surface area contributed by atoms with E-state index >= 15 is 0 Å². The molecule has 0 spiro atoms. The van der Waals surface area contributed by atoms with Crippen molar-refractivity contribution in [3.8, 4) is 0 Å². The first kappa shape index (κ1) is 22.4. The number of hydrogen-bond acceptors (Lipinski definition) is 5. The number of esters is 1. The minimum Gasteiger partial charge on any atom is -0.466 e. The number of furan rings is 1. The minimum atomic E-state index is -0.288. The van der Waals surface area contributed by atoms with Crippen LogP contribution in [0.3, 0.4) is 0 Å². The van der Waals surface area contributed by atoms with Crippen LogP contribution in [-0.2, 0) is 16.1 Å². The van der Waals surface area contributed by atoms with Crippen LogP contribution in [0.15, 0.2) is 52.1 Å². The zero-order valence-electron chi connectivity index (χ0n) is 18.1. The normalized spacial score (nSPS) is 14.9. The quantitative estimate of drug-likeness (QED) is 0.401. The molecule has 0 unspecified atom stereocenters. The molecule has 0 saturated carbocycles. The lowest BCUT2D eigenvalue weighted by Crippen LogP contribution is -2.46. The Balaban J connectivity index is 1.60. The molecule has 1 aromatic carbocycles. The maximum atomic E-state index is 12.2. The highest BCUT2D eigenvalue weighted by molar-refractivity contribution is 6.02. The fourth-order valence-corrected chi connectivity index (χ4v) is 3.53. The molecule has 166 valence electrons. The molecule has 1 aliphatic rings. The van der Waals surface area contributed by atoms with Gasteiger partial charge in [0.15, 0.2) is 11.7 Å². The standard InChI is InChI=1S/C23H30N4O4/c1-3-24-23(27-12-10-18(11-13-27)22(29)30-4-2)25-16-17-7-5-8-19(15-17)26-21(28)20-9-6-14-31-20/h5-9,14-15,18H,3-4,10-13,16H2,1-2H3,(H,24,25)(H,26,28). The second-order valence-electron chi connectivity index (χ2n) is 7.32. The molecule has 1 amide bonds. The van der Waals surface area contributed by atoms with E-state index in [0.29, 0.717) is 18.8 Å². The average Bonchev–Trinajstić information content (AvgIpc) is 3.32. The maximum Gasteiger partial charge on any atom is 0.309 e.